The maximum atomic E-state index is 15.3. The van der Waals surface area contributed by atoms with Gasteiger partial charge >= 0.3 is 6.61 Å². The Balaban J connectivity index is 1.77. The van der Waals surface area contributed by atoms with Crippen LogP contribution in [0.4, 0.5) is 23.2 Å². The first-order valence-electron chi connectivity index (χ1n) is 12.0. The van der Waals surface area contributed by atoms with E-state index in [9.17, 15) is 23.2 Å². The molecular weight excluding hydrogens is 522 g/mol. The van der Waals surface area contributed by atoms with Gasteiger partial charge in [-0.15, -0.1) is 0 Å². The number of aryl methyl sites for hydroxylation is 1. The summed E-state index contributed by atoms with van der Waals surface area (Å²) < 4.78 is 66.0. The molecule has 0 unspecified atom stereocenters. The predicted molar refractivity (Wildman–Crippen MR) is 133 cm³/mol. The van der Waals surface area contributed by atoms with Gasteiger partial charge in [-0.3, -0.25) is 14.4 Å². The van der Waals surface area contributed by atoms with Crippen LogP contribution in [0.5, 0.6) is 11.5 Å². The highest BCUT2D eigenvalue weighted by Crippen LogP contribution is 2.40. The molecule has 2 heterocycles. The van der Waals surface area contributed by atoms with Crippen LogP contribution in [-0.4, -0.2) is 42.2 Å². The van der Waals surface area contributed by atoms with E-state index in [1.165, 1.54) is 43.0 Å². The highest BCUT2D eigenvalue weighted by atomic mass is 19.3. The van der Waals surface area contributed by atoms with Crippen molar-refractivity contribution in [3.8, 4) is 11.5 Å². The molecule has 0 spiro atoms. The Morgan fingerprint density at radius 2 is 1.69 bits per heavy atom. The van der Waals surface area contributed by atoms with Crippen molar-refractivity contribution in [1.82, 2.24) is 9.88 Å². The fraction of sp³-hybridized carbons (Fsp3) is 0.296. The maximum Gasteiger partial charge on any atom is 0.387 e. The highest BCUT2D eigenvalue weighted by Gasteiger charge is 2.50. The molecule has 1 aromatic heterocycles. The lowest BCUT2D eigenvalue weighted by Crippen LogP contribution is -2.44. The second-order valence-corrected chi connectivity index (χ2v) is 8.82. The number of anilines is 1. The number of hydrogen-bond donors (Lipinski definition) is 1. The van der Waals surface area contributed by atoms with Crippen molar-refractivity contribution < 1.29 is 36.6 Å². The Hall–Kier alpha value is -4.35. The van der Waals surface area contributed by atoms with Crippen LogP contribution in [0.3, 0.4) is 0 Å². The molecule has 1 saturated heterocycles. The maximum absolute atomic E-state index is 15.3. The third-order valence-corrected chi connectivity index (χ3v) is 6.64. The van der Waals surface area contributed by atoms with Crippen LogP contribution in [-0.2, 0) is 11.3 Å². The SMILES string of the molecule is CCn1cccc(N2C(=O)[C@@H](NC(=O)c3ccc(OC(F)F)cc3)[C@H](c3c(F)cc(OC)cc3F)[C@H]2C)c1=O. The number of pyridine rings is 1. The highest BCUT2D eigenvalue weighted by molar-refractivity contribution is 6.05. The van der Waals surface area contributed by atoms with Gasteiger partial charge in [0.05, 0.1) is 7.11 Å². The second kappa shape index (κ2) is 11.2. The van der Waals surface area contributed by atoms with Crippen LogP contribution in [0.1, 0.15) is 35.7 Å². The minimum Gasteiger partial charge on any atom is -0.497 e. The largest absolute Gasteiger partial charge is 0.497 e. The summed E-state index contributed by atoms with van der Waals surface area (Å²) in [5, 5.41) is 2.52. The average Bonchev–Trinajstić information content (AvgIpc) is 3.12. The molecule has 0 saturated carbocycles. The molecule has 206 valence electrons. The fourth-order valence-corrected chi connectivity index (χ4v) is 4.81. The molecule has 0 aliphatic carbocycles. The van der Waals surface area contributed by atoms with E-state index in [2.05, 4.69) is 10.1 Å². The number of halogens is 4. The molecule has 39 heavy (non-hydrogen) atoms. The number of amides is 2. The number of nitrogens with one attached hydrogen (secondary N) is 1. The number of ether oxygens (including phenoxy) is 2. The lowest BCUT2D eigenvalue weighted by Gasteiger charge is -2.25. The van der Waals surface area contributed by atoms with E-state index in [0.29, 0.717) is 6.54 Å². The van der Waals surface area contributed by atoms with Crippen molar-refractivity contribution in [3.05, 3.63) is 87.8 Å². The van der Waals surface area contributed by atoms with Gasteiger partial charge < -0.3 is 24.3 Å². The minimum absolute atomic E-state index is 0.0126. The van der Waals surface area contributed by atoms with Crippen molar-refractivity contribution in [2.24, 2.45) is 0 Å². The first-order valence-corrected chi connectivity index (χ1v) is 12.0. The lowest BCUT2D eigenvalue weighted by molar-refractivity contribution is -0.118. The number of carbonyl (C=O) groups excluding carboxylic acids is 2. The van der Waals surface area contributed by atoms with Crippen molar-refractivity contribution in [3.63, 3.8) is 0 Å². The molecule has 8 nitrogen and oxygen atoms in total. The predicted octanol–water partition coefficient (Wildman–Crippen LogP) is 4.07. The summed E-state index contributed by atoms with van der Waals surface area (Å²) in [6.45, 7) is 0.529. The van der Waals surface area contributed by atoms with E-state index >= 15 is 8.78 Å². The Morgan fingerprint density at radius 1 is 1.05 bits per heavy atom. The monoisotopic (exact) mass is 547 g/mol. The molecule has 3 atom stereocenters. The van der Waals surface area contributed by atoms with E-state index in [1.807, 2.05) is 0 Å². The number of methoxy groups -OCH3 is 1. The van der Waals surface area contributed by atoms with E-state index in [4.69, 9.17) is 4.74 Å². The zero-order valence-corrected chi connectivity index (χ0v) is 21.2. The van der Waals surface area contributed by atoms with Gasteiger partial charge in [-0.2, -0.15) is 8.78 Å². The molecule has 4 rings (SSSR count). The van der Waals surface area contributed by atoms with Gasteiger partial charge in [0.25, 0.3) is 17.4 Å². The minimum atomic E-state index is -3.06. The van der Waals surface area contributed by atoms with Gasteiger partial charge in [0.2, 0.25) is 0 Å². The van der Waals surface area contributed by atoms with Gasteiger partial charge in [0, 0.05) is 48.0 Å². The van der Waals surface area contributed by atoms with E-state index in [0.717, 1.165) is 29.2 Å². The first-order chi connectivity index (χ1) is 18.6. The van der Waals surface area contributed by atoms with Crippen LogP contribution in [0.15, 0.2) is 59.5 Å². The van der Waals surface area contributed by atoms with Crippen molar-refractivity contribution in [1.29, 1.82) is 0 Å². The molecule has 1 aliphatic heterocycles. The van der Waals surface area contributed by atoms with E-state index in [-0.39, 0.29) is 22.7 Å². The number of alkyl halides is 2. The fourth-order valence-electron chi connectivity index (χ4n) is 4.81. The van der Waals surface area contributed by atoms with Crippen LogP contribution in [0.2, 0.25) is 0 Å². The summed E-state index contributed by atoms with van der Waals surface area (Å²) >= 11 is 0. The lowest BCUT2D eigenvalue weighted by atomic mass is 9.87. The van der Waals surface area contributed by atoms with Gasteiger partial charge in [-0.1, -0.05) is 0 Å². The Kier molecular flexibility index (Phi) is 7.93. The smallest absolute Gasteiger partial charge is 0.387 e. The van der Waals surface area contributed by atoms with Crippen LogP contribution >= 0.6 is 0 Å². The molecule has 3 aromatic rings. The first kappa shape index (κ1) is 27.7. The molecule has 0 bridgehead atoms. The molecule has 2 amide bonds. The van der Waals surface area contributed by atoms with Crippen molar-refractivity contribution in [2.45, 2.75) is 45.0 Å². The second-order valence-electron chi connectivity index (χ2n) is 8.82. The summed E-state index contributed by atoms with van der Waals surface area (Å²) in [6.07, 6.45) is 1.54. The zero-order valence-electron chi connectivity index (χ0n) is 21.2. The normalized spacial score (nSPS) is 18.9. The molecular formula is C27H25F4N3O5. The zero-order chi connectivity index (χ0) is 28.4. The number of carbonyl (C=O) groups is 2. The van der Waals surface area contributed by atoms with Gasteiger partial charge in [-0.25, -0.2) is 8.78 Å². The summed E-state index contributed by atoms with van der Waals surface area (Å²) in [6, 6.07) is 7.18. The number of nitrogens with zero attached hydrogens (tertiary/aromatic N) is 2. The number of rotatable bonds is 8. The standard InChI is InChI=1S/C27H25F4N3O5/c1-4-33-11-5-6-20(25(33)36)34-14(2)21(22-18(28)12-17(38-3)13-19(22)29)23(26(34)37)32-24(35)15-7-9-16(10-8-15)39-27(30)31/h5-14,21,23,27H,4H2,1-3H3,(H,32,35)/t14-,21+,23+/m1/s1. The number of aromatic nitrogens is 1. The molecule has 2 aromatic carbocycles. The van der Waals surface area contributed by atoms with Crippen molar-refractivity contribution >= 4 is 17.5 Å². The van der Waals surface area contributed by atoms with E-state index in [1.54, 1.807) is 13.0 Å². The van der Waals surface area contributed by atoms with Crippen LogP contribution < -0.4 is 25.2 Å². The Labute approximate surface area is 220 Å². The number of benzene rings is 2. The Morgan fingerprint density at radius 3 is 2.26 bits per heavy atom. The summed E-state index contributed by atoms with van der Waals surface area (Å²) in [4.78, 5) is 41.0. The summed E-state index contributed by atoms with van der Waals surface area (Å²) in [5.74, 6) is -5.06. The molecule has 1 fully saturated rings. The van der Waals surface area contributed by atoms with Gasteiger partial charge in [-0.05, 0) is 50.2 Å². The molecule has 0 radical (unpaired) electrons. The van der Waals surface area contributed by atoms with Gasteiger partial charge in [0.15, 0.2) is 0 Å². The third-order valence-electron chi connectivity index (χ3n) is 6.64. The average molecular weight is 548 g/mol. The van der Waals surface area contributed by atoms with E-state index < -0.39 is 59.2 Å². The molecule has 1 aliphatic rings. The van der Waals surface area contributed by atoms with Gasteiger partial charge in [0.1, 0.15) is 34.9 Å². The van der Waals surface area contributed by atoms with Crippen LogP contribution in [0, 0.1) is 11.6 Å². The van der Waals surface area contributed by atoms with Crippen LogP contribution in [0.25, 0.3) is 0 Å². The Bertz CT molecular complexity index is 1420. The third kappa shape index (κ3) is 5.31. The number of hydrogen-bond acceptors (Lipinski definition) is 5. The quantitative estimate of drug-likeness (QED) is 0.430. The topological polar surface area (TPSA) is 89.9 Å². The summed E-state index contributed by atoms with van der Waals surface area (Å²) in [5.41, 5.74) is -0.979. The van der Waals surface area contributed by atoms with Crippen molar-refractivity contribution in [2.75, 3.05) is 12.0 Å². The molecule has 1 N–H and O–H groups in total. The molecule has 12 heteroatoms. The summed E-state index contributed by atoms with van der Waals surface area (Å²) in [7, 11) is 1.24.